The van der Waals surface area contributed by atoms with Crippen LogP contribution in [0.1, 0.15) is 44.4 Å². The number of thiocarbonyl (C=S) groups is 1. The van der Waals surface area contributed by atoms with E-state index in [1.54, 1.807) is 36.4 Å². The Balaban J connectivity index is 1.47. The molecular weight excluding hydrogens is 528 g/mol. The van der Waals surface area contributed by atoms with Crippen LogP contribution in [0, 0.1) is 0 Å². The van der Waals surface area contributed by atoms with Crippen molar-refractivity contribution in [3.63, 3.8) is 0 Å². The summed E-state index contributed by atoms with van der Waals surface area (Å²) < 4.78 is 10.5. The molecule has 2 amide bonds. The predicted molar refractivity (Wildman–Crippen MR) is 158 cm³/mol. The van der Waals surface area contributed by atoms with E-state index in [9.17, 15) is 14.4 Å². The van der Waals surface area contributed by atoms with Crippen LogP contribution < -0.4 is 20.3 Å². The molecule has 0 unspecified atom stereocenters. The minimum atomic E-state index is -0.494. The van der Waals surface area contributed by atoms with Crippen LogP contribution in [0.2, 0.25) is 0 Å². The maximum absolute atomic E-state index is 12.9. The molecule has 0 aromatic heterocycles. The molecule has 1 saturated heterocycles. The molecule has 9 nitrogen and oxygen atoms in total. The second-order valence-electron chi connectivity index (χ2n) is 9.15. The van der Waals surface area contributed by atoms with Crippen LogP contribution >= 0.6 is 12.2 Å². The van der Waals surface area contributed by atoms with E-state index in [2.05, 4.69) is 15.5 Å². The van der Waals surface area contributed by atoms with Crippen molar-refractivity contribution < 1.29 is 23.9 Å². The van der Waals surface area contributed by atoms with Gasteiger partial charge in [-0.3, -0.25) is 14.9 Å². The summed E-state index contributed by atoms with van der Waals surface area (Å²) >= 11 is 5.46. The Labute approximate surface area is 239 Å². The van der Waals surface area contributed by atoms with Crippen LogP contribution in [0.25, 0.3) is 0 Å². The van der Waals surface area contributed by atoms with Crippen molar-refractivity contribution in [2.24, 2.45) is 0 Å². The highest BCUT2D eigenvalue weighted by Gasteiger charge is 2.24. The van der Waals surface area contributed by atoms with Gasteiger partial charge in [-0.1, -0.05) is 31.2 Å². The number of anilines is 2. The lowest BCUT2D eigenvalue weighted by atomic mass is 10.1. The zero-order valence-electron chi connectivity index (χ0n) is 22.5. The van der Waals surface area contributed by atoms with Gasteiger partial charge in [0.1, 0.15) is 5.75 Å². The van der Waals surface area contributed by atoms with Gasteiger partial charge in [0, 0.05) is 37.3 Å². The molecule has 3 aromatic rings. The van der Waals surface area contributed by atoms with Crippen molar-refractivity contribution in [1.82, 2.24) is 10.2 Å². The fourth-order valence-corrected chi connectivity index (χ4v) is 4.55. The number of nitrogens with one attached hydrogen (secondary N) is 2. The molecule has 0 saturated carbocycles. The van der Waals surface area contributed by atoms with Gasteiger partial charge in [-0.15, -0.1) is 0 Å². The van der Waals surface area contributed by atoms with E-state index in [1.165, 1.54) is 7.11 Å². The Bertz CT molecular complexity index is 1370. The first-order chi connectivity index (χ1) is 19.4. The summed E-state index contributed by atoms with van der Waals surface area (Å²) in [5, 5.41) is 5.85. The average molecular weight is 561 g/mol. The van der Waals surface area contributed by atoms with Gasteiger partial charge in [-0.2, -0.15) is 0 Å². The summed E-state index contributed by atoms with van der Waals surface area (Å²) in [6.07, 6.45) is 0.857. The van der Waals surface area contributed by atoms with Crippen molar-refractivity contribution >= 4 is 46.5 Å². The number of carbonyl (C=O) groups is 3. The molecule has 0 aliphatic carbocycles. The van der Waals surface area contributed by atoms with Crippen LogP contribution in [0.3, 0.4) is 0 Å². The molecule has 40 heavy (non-hydrogen) atoms. The Kier molecular flexibility index (Phi) is 9.69. The second-order valence-corrected chi connectivity index (χ2v) is 9.56. The summed E-state index contributed by atoms with van der Waals surface area (Å²) in [6, 6.07) is 21.2. The lowest BCUT2D eigenvalue weighted by molar-refractivity contribution is 0.0600. The standard InChI is InChI=1S/C30H32N4O5S/c1-3-18-39-24-11-7-10-22(19-24)27(35)32-30(40)31-25-20-23(29(37)38-2)12-13-26(25)33-14-16-34(17-15-33)28(36)21-8-5-4-6-9-21/h4-13,19-20H,3,14-18H2,1-2H3,(H2,31,32,35,40). The Morgan fingerprint density at radius 1 is 0.875 bits per heavy atom. The lowest BCUT2D eigenvalue weighted by Gasteiger charge is -2.37. The van der Waals surface area contributed by atoms with Gasteiger partial charge in [0.25, 0.3) is 11.8 Å². The number of esters is 1. The fraction of sp³-hybridized carbons (Fsp3) is 0.267. The zero-order valence-corrected chi connectivity index (χ0v) is 23.3. The van der Waals surface area contributed by atoms with E-state index in [0.717, 1.165) is 12.1 Å². The predicted octanol–water partition coefficient (Wildman–Crippen LogP) is 4.35. The first kappa shape index (κ1) is 28.6. The normalized spacial score (nSPS) is 12.8. The third-order valence-corrected chi connectivity index (χ3v) is 6.59. The van der Waals surface area contributed by atoms with E-state index in [1.807, 2.05) is 48.2 Å². The maximum Gasteiger partial charge on any atom is 0.337 e. The molecule has 1 aliphatic heterocycles. The molecule has 0 bridgehead atoms. The summed E-state index contributed by atoms with van der Waals surface area (Å²) in [5.74, 6) is -0.288. The number of benzene rings is 3. The van der Waals surface area contributed by atoms with Gasteiger partial charge >= 0.3 is 5.97 Å². The fourth-order valence-electron chi connectivity index (χ4n) is 4.35. The van der Waals surface area contributed by atoms with Gasteiger partial charge < -0.3 is 24.6 Å². The number of hydrogen-bond acceptors (Lipinski definition) is 7. The van der Waals surface area contributed by atoms with E-state index >= 15 is 0 Å². The highest BCUT2D eigenvalue weighted by molar-refractivity contribution is 7.80. The molecule has 0 spiro atoms. The molecule has 10 heteroatoms. The monoisotopic (exact) mass is 560 g/mol. The molecule has 2 N–H and O–H groups in total. The van der Waals surface area contributed by atoms with Crippen molar-refractivity contribution in [2.75, 3.05) is 50.1 Å². The van der Waals surface area contributed by atoms with E-state index in [-0.39, 0.29) is 11.0 Å². The number of methoxy groups -OCH3 is 1. The van der Waals surface area contributed by atoms with Crippen LogP contribution in [-0.2, 0) is 4.74 Å². The van der Waals surface area contributed by atoms with Gasteiger partial charge in [-0.05, 0) is 67.2 Å². The average Bonchev–Trinajstić information content (AvgIpc) is 2.99. The molecule has 1 fully saturated rings. The van der Waals surface area contributed by atoms with Crippen molar-refractivity contribution in [3.05, 3.63) is 89.5 Å². The van der Waals surface area contributed by atoms with E-state index in [4.69, 9.17) is 21.7 Å². The molecular formula is C30H32N4O5S. The Morgan fingerprint density at radius 2 is 1.60 bits per heavy atom. The van der Waals surface area contributed by atoms with Crippen LogP contribution in [0.5, 0.6) is 5.75 Å². The quantitative estimate of drug-likeness (QED) is 0.310. The van der Waals surface area contributed by atoms with Gasteiger partial charge in [0.05, 0.1) is 30.7 Å². The summed E-state index contributed by atoms with van der Waals surface area (Å²) in [7, 11) is 1.31. The molecule has 1 aliphatic rings. The van der Waals surface area contributed by atoms with Crippen LogP contribution in [-0.4, -0.2) is 67.7 Å². The maximum atomic E-state index is 12.9. The third-order valence-electron chi connectivity index (χ3n) is 6.39. The smallest absolute Gasteiger partial charge is 0.337 e. The molecule has 0 atom stereocenters. The zero-order chi connectivity index (χ0) is 28.5. The molecule has 4 rings (SSSR count). The summed E-state index contributed by atoms with van der Waals surface area (Å²) in [6.45, 7) is 4.78. The van der Waals surface area contributed by atoms with Crippen LogP contribution in [0.15, 0.2) is 72.8 Å². The minimum absolute atomic E-state index is 0.00677. The highest BCUT2D eigenvalue weighted by Crippen LogP contribution is 2.29. The largest absolute Gasteiger partial charge is 0.494 e. The number of carbonyl (C=O) groups excluding carboxylic acids is 3. The molecule has 1 heterocycles. The Morgan fingerprint density at radius 3 is 2.30 bits per heavy atom. The third kappa shape index (κ3) is 7.15. The first-order valence-corrected chi connectivity index (χ1v) is 13.5. The number of ether oxygens (including phenoxy) is 2. The molecule has 0 radical (unpaired) electrons. The highest BCUT2D eigenvalue weighted by atomic mass is 32.1. The minimum Gasteiger partial charge on any atom is -0.494 e. The number of rotatable bonds is 8. The summed E-state index contributed by atoms with van der Waals surface area (Å²) in [5.41, 5.74) is 2.72. The topological polar surface area (TPSA) is 100 Å². The van der Waals surface area contributed by atoms with Gasteiger partial charge in [-0.25, -0.2) is 4.79 Å². The SMILES string of the molecule is CCCOc1cccc(C(=O)NC(=S)Nc2cc(C(=O)OC)ccc2N2CCN(C(=O)c3ccccc3)CC2)c1. The summed E-state index contributed by atoms with van der Waals surface area (Å²) in [4.78, 5) is 41.9. The van der Waals surface area contributed by atoms with Gasteiger partial charge in [0.2, 0.25) is 0 Å². The molecule has 208 valence electrons. The van der Waals surface area contributed by atoms with Crippen LogP contribution in [0.4, 0.5) is 11.4 Å². The number of amides is 2. The number of nitrogens with zero attached hydrogens (tertiary/aromatic N) is 2. The Hall–Kier alpha value is -4.44. The van der Waals surface area contributed by atoms with Crippen molar-refractivity contribution in [1.29, 1.82) is 0 Å². The van der Waals surface area contributed by atoms with Crippen molar-refractivity contribution in [2.45, 2.75) is 13.3 Å². The molecule has 3 aromatic carbocycles. The first-order valence-electron chi connectivity index (χ1n) is 13.1. The second kappa shape index (κ2) is 13.6. The van der Waals surface area contributed by atoms with E-state index in [0.29, 0.717) is 60.9 Å². The van der Waals surface area contributed by atoms with E-state index < -0.39 is 11.9 Å². The van der Waals surface area contributed by atoms with Gasteiger partial charge in [0.15, 0.2) is 5.11 Å². The van der Waals surface area contributed by atoms with Crippen molar-refractivity contribution in [3.8, 4) is 5.75 Å². The number of hydrogen-bond donors (Lipinski definition) is 2. The number of piperazine rings is 1. The lowest BCUT2D eigenvalue weighted by Crippen LogP contribution is -2.49.